The summed E-state index contributed by atoms with van der Waals surface area (Å²) < 4.78 is 0. The summed E-state index contributed by atoms with van der Waals surface area (Å²) in [4.78, 5) is 11.9. The number of nitrogens with zero attached hydrogens (tertiary/aromatic N) is 2. The van der Waals surface area contributed by atoms with Crippen molar-refractivity contribution < 1.29 is 0 Å². The quantitative estimate of drug-likeness (QED) is 0.764. The minimum Gasteiger partial charge on any atom is -0.354 e. The van der Waals surface area contributed by atoms with Crippen molar-refractivity contribution in [2.24, 2.45) is 0 Å². The summed E-state index contributed by atoms with van der Waals surface area (Å²) in [6.45, 7) is 5.25. The monoisotopic (exact) mass is 321 g/mol. The second-order valence-corrected chi connectivity index (χ2v) is 8.26. The predicted octanol–water partition coefficient (Wildman–Crippen LogP) is 5.25. The number of nitrogens with one attached hydrogen (secondary N) is 1. The van der Waals surface area contributed by atoms with Gasteiger partial charge in [0.25, 0.3) is 0 Å². The summed E-state index contributed by atoms with van der Waals surface area (Å²) >= 11 is 3.74. The highest BCUT2D eigenvalue weighted by Crippen LogP contribution is 2.38. The molecule has 1 aliphatic carbocycles. The van der Waals surface area contributed by atoms with Crippen LogP contribution in [0.15, 0.2) is 11.1 Å². The van der Waals surface area contributed by atoms with Crippen molar-refractivity contribution in [2.75, 3.05) is 11.9 Å². The molecular formula is C16H23N3S2. The Bertz CT molecular complexity index is 603. The van der Waals surface area contributed by atoms with E-state index in [2.05, 4.69) is 30.2 Å². The molecule has 0 aliphatic heterocycles. The van der Waals surface area contributed by atoms with E-state index in [-0.39, 0.29) is 0 Å². The molecule has 3 nitrogen and oxygen atoms in total. The minimum absolute atomic E-state index is 0.732. The third kappa shape index (κ3) is 3.69. The van der Waals surface area contributed by atoms with Crippen LogP contribution in [-0.4, -0.2) is 21.8 Å². The summed E-state index contributed by atoms with van der Waals surface area (Å²) in [6.07, 6.45) is 7.89. The van der Waals surface area contributed by atoms with Gasteiger partial charge in [-0.25, -0.2) is 9.97 Å². The third-order valence-electron chi connectivity index (χ3n) is 3.84. The van der Waals surface area contributed by atoms with E-state index in [1.54, 1.807) is 11.3 Å². The van der Waals surface area contributed by atoms with Crippen LogP contribution in [0.25, 0.3) is 10.2 Å². The molecule has 0 bridgehead atoms. The Hall–Kier alpha value is -0.810. The van der Waals surface area contributed by atoms with E-state index in [4.69, 9.17) is 4.98 Å². The normalized spacial score (nSPS) is 16.5. The van der Waals surface area contributed by atoms with Crippen LogP contribution < -0.4 is 5.32 Å². The first-order chi connectivity index (χ1) is 10.3. The largest absolute Gasteiger partial charge is 0.354 e. The number of hydrogen-bond donors (Lipinski definition) is 1. The zero-order valence-electron chi connectivity index (χ0n) is 12.8. The minimum atomic E-state index is 0.732. The number of aryl methyl sites for hydroxylation is 1. The van der Waals surface area contributed by atoms with Crippen molar-refractivity contribution in [3.05, 3.63) is 10.9 Å². The van der Waals surface area contributed by atoms with Crippen LogP contribution in [0.3, 0.4) is 0 Å². The maximum atomic E-state index is 4.79. The van der Waals surface area contributed by atoms with Gasteiger partial charge in [0, 0.05) is 22.1 Å². The maximum Gasteiger partial charge on any atom is 0.225 e. The Morgan fingerprint density at radius 3 is 2.86 bits per heavy atom. The molecule has 2 aromatic heterocycles. The lowest BCUT2D eigenvalue weighted by Gasteiger charge is -2.20. The lowest BCUT2D eigenvalue weighted by Crippen LogP contribution is -2.09. The van der Waals surface area contributed by atoms with Gasteiger partial charge in [-0.1, -0.05) is 26.2 Å². The Morgan fingerprint density at radius 1 is 1.29 bits per heavy atom. The molecule has 5 heteroatoms. The van der Waals surface area contributed by atoms with E-state index in [1.165, 1.54) is 47.4 Å². The molecule has 1 saturated carbocycles. The summed E-state index contributed by atoms with van der Waals surface area (Å²) in [6, 6.07) is 2.24. The fraction of sp³-hybridized carbons (Fsp3) is 0.625. The Kier molecular flexibility index (Phi) is 5.01. The number of thioether (sulfide) groups is 1. The zero-order chi connectivity index (χ0) is 14.7. The van der Waals surface area contributed by atoms with Gasteiger partial charge in [0.1, 0.15) is 9.86 Å². The number of thiophene rings is 1. The Labute approximate surface area is 135 Å². The van der Waals surface area contributed by atoms with Crippen molar-refractivity contribution in [3.8, 4) is 0 Å². The molecule has 3 rings (SSSR count). The zero-order valence-corrected chi connectivity index (χ0v) is 14.4. The number of fused-ring (bicyclic) bond motifs is 1. The molecule has 0 radical (unpaired) electrons. The third-order valence-corrected chi connectivity index (χ3v) is 6.13. The SMILES string of the molecule is CCCNc1nc(SC2CCCCC2)c2cc(C)sc2n1. The summed E-state index contributed by atoms with van der Waals surface area (Å²) in [5.74, 6) is 0.796. The molecular weight excluding hydrogens is 298 g/mol. The first-order valence-electron chi connectivity index (χ1n) is 7.95. The molecule has 1 N–H and O–H groups in total. The molecule has 0 saturated heterocycles. The van der Waals surface area contributed by atoms with Gasteiger partial charge in [-0.05, 0) is 32.3 Å². The summed E-state index contributed by atoms with van der Waals surface area (Å²) in [5.41, 5.74) is 0. The van der Waals surface area contributed by atoms with E-state index in [1.807, 2.05) is 11.8 Å². The number of aromatic nitrogens is 2. The van der Waals surface area contributed by atoms with Crippen LogP contribution in [0, 0.1) is 6.92 Å². The molecule has 21 heavy (non-hydrogen) atoms. The second kappa shape index (κ2) is 6.97. The molecule has 2 aromatic rings. The van der Waals surface area contributed by atoms with Crippen molar-refractivity contribution in [1.82, 2.24) is 9.97 Å². The lowest BCUT2D eigenvalue weighted by molar-refractivity contribution is 0.516. The molecule has 2 heterocycles. The average molecular weight is 322 g/mol. The van der Waals surface area contributed by atoms with Crippen LogP contribution in [-0.2, 0) is 0 Å². The number of rotatable bonds is 5. The van der Waals surface area contributed by atoms with Crippen LogP contribution in [0.2, 0.25) is 0 Å². The van der Waals surface area contributed by atoms with E-state index in [0.29, 0.717) is 0 Å². The second-order valence-electron chi connectivity index (χ2n) is 5.73. The molecule has 1 aliphatic rings. The van der Waals surface area contributed by atoms with E-state index < -0.39 is 0 Å². The predicted molar refractivity (Wildman–Crippen MR) is 93.7 cm³/mol. The molecule has 0 spiro atoms. The molecule has 1 fully saturated rings. The van der Waals surface area contributed by atoms with Crippen molar-refractivity contribution >= 4 is 39.3 Å². The van der Waals surface area contributed by atoms with Gasteiger partial charge in [0.15, 0.2) is 0 Å². The van der Waals surface area contributed by atoms with Gasteiger partial charge in [0.2, 0.25) is 5.95 Å². The van der Waals surface area contributed by atoms with Gasteiger partial charge in [-0.15, -0.1) is 23.1 Å². The summed E-state index contributed by atoms with van der Waals surface area (Å²) in [7, 11) is 0. The van der Waals surface area contributed by atoms with Gasteiger partial charge in [0.05, 0.1) is 0 Å². The highest BCUT2D eigenvalue weighted by atomic mass is 32.2. The number of hydrogen-bond acceptors (Lipinski definition) is 5. The van der Waals surface area contributed by atoms with E-state index in [0.717, 1.165) is 29.0 Å². The molecule has 0 aromatic carbocycles. The number of anilines is 1. The first kappa shape index (κ1) is 15.1. The van der Waals surface area contributed by atoms with Crippen LogP contribution in [0.4, 0.5) is 5.95 Å². The maximum absolute atomic E-state index is 4.79. The first-order valence-corrected chi connectivity index (χ1v) is 9.64. The fourth-order valence-electron chi connectivity index (χ4n) is 2.76. The van der Waals surface area contributed by atoms with Gasteiger partial charge < -0.3 is 5.32 Å². The van der Waals surface area contributed by atoms with Gasteiger partial charge in [-0.3, -0.25) is 0 Å². The topological polar surface area (TPSA) is 37.8 Å². The average Bonchev–Trinajstić information content (AvgIpc) is 2.87. The van der Waals surface area contributed by atoms with Gasteiger partial charge in [-0.2, -0.15) is 0 Å². The highest BCUT2D eigenvalue weighted by molar-refractivity contribution is 8.00. The van der Waals surface area contributed by atoms with Crippen LogP contribution in [0.5, 0.6) is 0 Å². The highest BCUT2D eigenvalue weighted by Gasteiger charge is 2.18. The smallest absolute Gasteiger partial charge is 0.225 e. The van der Waals surface area contributed by atoms with Crippen molar-refractivity contribution in [3.63, 3.8) is 0 Å². The molecule has 0 unspecified atom stereocenters. The van der Waals surface area contributed by atoms with Crippen LogP contribution >= 0.6 is 23.1 Å². The summed E-state index contributed by atoms with van der Waals surface area (Å²) in [5, 5.41) is 6.50. The fourth-order valence-corrected chi connectivity index (χ4v) is 5.01. The Balaban J connectivity index is 1.89. The van der Waals surface area contributed by atoms with E-state index in [9.17, 15) is 0 Å². The molecule has 0 amide bonds. The van der Waals surface area contributed by atoms with E-state index >= 15 is 0 Å². The Morgan fingerprint density at radius 2 is 2.10 bits per heavy atom. The molecule has 114 valence electrons. The molecule has 0 atom stereocenters. The lowest BCUT2D eigenvalue weighted by atomic mass is 10.0. The van der Waals surface area contributed by atoms with Crippen molar-refractivity contribution in [1.29, 1.82) is 0 Å². The standard InChI is InChI=1S/C16H23N3S2/c1-3-9-17-16-18-14-13(10-11(2)20-14)15(19-16)21-12-7-5-4-6-8-12/h10,12H,3-9H2,1-2H3,(H,17,18,19). The van der Waals surface area contributed by atoms with Crippen molar-refractivity contribution in [2.45, 2.75) is 62.6 Å². The van der Waals surface area contributed by atoms with Gasteiger partial charge >= 0.3 is 0 Å². The van der Waals surface area contributed by atoms with Crippen LogP contribution in [0.1, 0.15) is 50.3 Å².